The number of pyridine rings is 1. The highest BCUT2D eigenvalue weighted by atomic mass is 16.2. The van der Waals surface area contributed by atoms with Crippen molar-refractivity contribution in [1.82, 2.24) is 15.2 Å². The first-order valence-corrected chi connectivity index (χ1v) is 6.52. The number of aromatic nitrogens is 1. The Hall–Kier alpha value is -1.91. The number of carbonyl (C=O) groups is 2. The van der Waals surface area contributed by atoms with Gasteiger partial charge >= 0.3 is 0 Å². The molecule has 0 radical (unpaired) electrons. The van der Waals surface area contributed by atoms with Crippen LogP contribution < -0.4 is 5.32 Å². The van der Waals surface area contributed by atoms with Crippen LogP contribution in [0.5, 0.6) is 0 Å². The largest absolute Gasteiger partial charge is 0.349 e. The first-order chi connectivity index (χ1) is 9.08. The Balaban J connectivity index is 1.93. The summed E-state index contributed by atoms with van der Waals surface area (Å²) in [5, 5.41) is 2.95. The van der Waals surface area contributed by atoms with Crippen LogP contribution in [0.15, 0.2) is 24.5 Å². The van der Waals surface area contributed by atoms with Crippen LogP contribution >= 0.6 is 0 Å². The second-order valence-electron chi connectivity index (χ2n) is 5.02. The summed E-state index contributed by atoms with van der Waals surface area (Å²) in [5.41, 5.74) is 0.968. The molecule has 1 saturated heterocycles. The van der Waals surface area contributed by atoms with E-state index >= 15 is 0 Å². The van der Waals surface area contributed by atoms with Crippen molar-refractivity contribution in [3.8, 4) is 0 Å². The van der Waals surface area contributed by atoms with Crippen LogP contribution in [-0.2, 0) is 9.59 Å². The molecular formula is C14H19N3O2. The minimum Gasteiger partial charge on any atom is -0.349 e. The number of rotatable bonds is 3. The van der Waals surface area contributed by atoms with Crippen molar-refractivity contribution < 1.29 is 9.59 Å². The lowest BCUT2D eigenvalue weighted by Gasteiger charge is -2.28. The molecule has 1 aromatic rings. The molecule has 2 rings (SSSR count). The first kappa shape index (κ1) is 13.5. The van der Waals surface area contributed by atoms with E-state index in [9.17, 15) is 9.59 Å². The summed E-state index contributed by atoms with van der Waals surface area (Å²) < 4.78 is 0. The maximum absolute atomic E-state index is 12.1. The summed E-state index contributed by atoms with van der Waals surface area (Å²) in [6.45, 7) is 2.57. The molecule has 2 atom stereocenters. The molecule has 5 heteroatoms. The molecule has 0 spiro atoms. The highest BCUT2D eigenvalue weighted by Crippen LogP contribution is 2.19. The number of piperidine rings is 1. The monoisotopic (exact) mass is 261 g/mol. The average molecular weight is 261 g/mol. The van der Waals surface area contributed by atoms with Gasteiger partial charge in [0.15, 0.2) is 0 Å². The molecule has 1 aliphatic heterocycles. The molecule has 0 unspecified atom stereocenters. The van der Waals surface area contributed by atoms with Gasteiger partial charge in [-0.1, -0.05) is 6.07 Å². The van der Waals surface area contributed by atoms with Crippen LogP contribution in [0.1, 0.15) is 31.4 Å². The van der Waals surface area contributed by atoms with Crippen molar-refractivity contribution >= 4 is 11.8 Å². The lowest BCUT2D eigenvalue weighted by molar-refractivity contribution is -0.139. The number of nitrogens with one attached hydrogen (secondary N) is 1. The van der Waals surface area contributed by atoms with Gasteiger partial charge in [-0.05, 0) is 25.0 Å². The van der Waals surface area contributed by atoms with E-state index in [-0.39, 0.29) is 23.8 Å². The fourth-order valence-corrected chi connectivity index (χ4v) is 2.21. The molecule has 0 aromatic carbocycles. The van der Waals surface area contributed by atoms with Gasteiger partial charge in [0.05, 0.1) is 6.04 Å². The predicted octanol–water partition coefficient (Wildman–Crippen LogP) is 1.13. The number of hydrogen-bond acceptors (Lipinski definition) is 3. The predicted molar refractivity (Wildman–Crippen MR) is 71.2 cm³/mol. The van der Waals surface area contributed by atoms with Crippen LogP contribution in [0.4, 0.5) is 0 Å². The molecule has 1 fully saturated rings. The molecule has 19 heavy (non-hydrogen) atoms. The fourth-order valence-electron chi connectivity index (χ4n) is 2.21. The Morgan fingerprint density at radius 3 is 3.00 bits per heavy atom. The van der Waals surface area contributed by atoms with E-state index in [4.69, 9.17) is 0 Å². The summed E-state index contributed by atoms with van der Waals surface area (Å²) in [7, 11) is 1.77. The van der Waals surface area contributed by atoms with Gasteiger partial charge in [-0.25, -0.2) is 0 Å². The molecule has 1 aromatic heterocycles. The van der Waals surface area contributed by atoms with Gasteiger partial charge in [0.1, 0.15) is 0 Å². The zero-order valence-corrected chi connectivity index (χ0v) is 11.3. The van der Waals surface area contributed by atoms with E-state index in [0.717, 1.165) is 12.0 Å². The van der Waals surface area contributed by atoms with Crippen molar-refractivity contribution in [2.24, 2.45) is 5.92 Å². The zero-order valence-electron chi connectivity index (χ0n) is 11.3. The van der Waals surface area contributed by atoms with E-state index in [1.165, 1.54) is 0 Å². The van der Waals surface area contributed by atoms with Crippen LogP contribution in [0.25, 0.3) is 0 Å². The third-order valence-corrected chi connectivity index (χ3v) is 3.57. The summed E-state index contributed by atoms with van der Waals surface area (Å²) in [4.78, 5) is 29.4. The third kappa shape index (κ3) is 3.30. The fraction of sp³-hybridized carbons (Fsp3) is 0.500. The van der Waals surface area contributed by atoms with E-state index < -0.39 is 0 Å². The minimum atomic E-state index is -0.206. The van der Waals surface area contributed by atoms with Crippen LogP contribution in [0.2, 0.25) is 0 Å². The summed E-state index contributed by atoms with van der Waals surface area (Å²) in [6, 6.07) is 3.69. The summed E-state index contributed by atoms with van der Waals surface area (Å²) in [5.74, 6) is -0.207. The molecule has 0 aliphatic carbocycles. The Morgan fingerprint density at radius 2 is 2.37 bits per heavy atom. The van der Waals surface area contributed by atoms with Gasteiger partial charge in [0, 0.05) is 38.3 Å². The Bertz CT molecular complexity index is 461. The van der Waals surface area contributed by atoms with E-state index in [1.54, 1.807) is 24.3 Å². The highest BCUT2D eigenvalue weighted by Gasteiger charge is 2.29. The second-order valence-corrected chi connectivity index (χ2v) is 5.02. The molecule has 2 amide bonds. The zero-order chi connectivity index (χ0) is 13.8. The van der Waals surface area contributed by atoms with Crippen molar-refractivity contribution in [3.05, 3.63) is 30.1 Å². The Labute approximate surface area is 113 Å². The van der Waals surface area contributed by atoms with Gasteiger partial charge in [0.25, 0.3) is 0 Å². The highest BCUT2D eigenvalue weighted by molar-refractivity contribution is 5.87. The molecule has 2 heterocycles. The van der Waals surface area contributed by atoms with Crippen molar-refractivity contribution in [2.45, 2.75) is 25.8 Å². The normalized spacial score (nSPS) is 21.1. The molecule has 1 N–H and O–H groups in total. The molecule has 102 valence electrons. The molecular weight excluding hydrogens is 242 g/mol. The number of hydrogen-bond donors (Lipinski definition) is 1. The maximum atomic E-state index is 12.1. The van der Waals surface area contributed by atoms with Gasteiger partial charge < -0.3 is 10.2 Å². The van der Waals surface area contributed by atoms with Crippen LogP contribution in [0.3, 0.4) is 0 Å². The van der Waals surface area contributed by atoms with Crippen molar-refractivity contribution in [2.75, 3.05) is 13.6 Å². The van der Waals surface area contributed by atoms with E-state index in [1.807, 2.05) is 19.1 Å². The van der Waals surface area contributed by atoms with Gasteiger partial charge in [-0.15, -0.1) is 0 Å². The topological polar surface area (TPSA) is 62.3 Å². The smallest absolute Gasteiger partial charge is 0.224 e. The molecule has 0 bridgehead atoms. The lowest BCUT2D eigenvalue weighted by atomic mass is 9.95. The SMILES string of the molecule is C[C@H](NC(=O)[C@H]1CCN(C)C(=O)C1)c1cccnc1. The molecule has 0 saturated carbocycles. The molecule has 1 aliphatic rings. The van der Waals surface area contributed by atoms with Gasteiger partial charge in [-0.3, -0.25) is 14.6 Å². The number of nitrogens with zero attached hydrogens (tertiary/aromatic N) is 2. The number of amides is 2. The van der Waals surface area contributed by atoms with Crippen LogP contribution in [-0.4, -0.2) is 35.3 Å². The first-order valence-electron chi connectivity index (χ1n) is 6.52. The standard InChI is InChI=1S/C14H19N3O2/c1-10(12-4-3-6-15-9-12)16-14(19)11-5-7-17(2)13(18)8-11/h3-4,6,9-11H,5,7-8H2,1-2H3,(H,16,19)/t10-,11-/m0/s1. The summed E-state index contributed by atoms with van der Waals surface area (Å²) in [6.07, 6.45) is 4.48. The number of carbonyl (C=O) groups excluding carboxylic acids is 2. The Morgan fingerprint density at radius 1 is 1.58 bits per heavy atom. The second kappa shape index (κ2) is 5.82. The van der Waals surface area contributed by atoms with Gasteiger partial charge in [0.2, 0.25) is 11.8 Å². The third-order valence-electron chi connectivity index (χ3n) is 3.57. The Kier molecular flexibility index (Phi) is 4.14. The molecule has 5 nitrogen and oxygen atoms in total. The van der Waals surface area contributed by atoms with E-state index in [0.29, 0.717) is 13.0 Å². The van der Waals surface area contributed by atoms with E-state index in [2.05, 4.69) is 10.3 Å². The summed E-state index contributed by atoms with van der Waals surface area (Å²) >= 11 is 0. The average Bonchev–Trinajstić information content (AvgIpc) is 2.42. The van der Waals surface area contributed by atoms with Crippen molar-refractivity contribution in [3.63, 3.8) is 0 Å². The van der Waals surface area contributed by atoms with Crippen molar-refractivity contribution in [1.29, 1.82) is 0 Å². The van der Waals surface area contributed by atoms with Crippen LogP contribution in [0, 0.1) is 5.92 Å². The van der Waals surface area contributed by atoms with Gasteiger partial charge in [-0.2, -0.15) is 0 Å². The maximum Gasteiger partial charge on any atom is 0.224 e. The minimum absolute atomic E-state index is 0.0421. The number of likely N-dealkylation sites (tertiary alicyclic amines) is 1. The quantitative estimate of drug-likeness (QED) is 0.887. The lowest BCUT2D eigenvalue weighted by Crippen LogP contribution is -2.42.